The van der Waals surface area contributed by atoms with Gasteiger partial charge in [-0.1, -0.05) is 6.07 Å². The number of hydrogen-bond donors (Lipinski definition) is 1. The van der Waals surface area contributed by atoms with E-state index in [1.54, 1.807) is 0 Å². The Hall–Kier alpha value is -1.59. The molecule has 0 atom stereocenters. The lowest BCUT2D eigenvalue weighted by Gasteiger charge is -2.26. The van der Waals surface area contributed by atoms with Gasteiger partial charge < -0.3 is 14.8 Å². The van der Waals surface area contributed by atoms with Crippen molar-refractivity contribution >= 4 is 5.91 Å². The van der Waals surface area contributed by atoms with Crippen molar-refractivity contribution in [2.75, 3.05) is 46.0 Å². The van der Waals surface area contributed by atoms with Crippen LogP contribution in [-0.2, 0) is 9.53 Å². The third kappa shape index (κ3) is 5.84. The van der Waals surface area contributed by atoms with Crippen LogP contribution in [0.15, 0.2) is 12.1 Å². The van der Waals surface area contributed by atoms with E-state index >= 15 is 0 Å². The fourth-order valence-corrected chi connectivity index (χ4v) is 2.70. The van der Waals surface area contributed by atoms with Crippen molar-refractivity contribution in [1.29, 1.82) is 0 Å². The summed E-state index contributed by atoms with van der Waals surface area (Å²) in [5.74, 6) is 0.733. The molecule has 0 aliphatic carbocycles. The molecule has 0 saturated carbocycles. The Kier molecular flexibility index (Phi) is 6.86. The second-order valence-corrected chi connectivity index (χ2v) is 6.15. The molecular weight excluding hydrogens is 292 g/mol. The number of morpholine rings is 1. The number of rotatable bonds is 7. The molecule has 1 aliphatic heterocycles. The average Bonchev–Trinajstić information content (AvgIpc) is 2.54. The number of nitrogens with one attached hydrogen (secondary N) is 1. The fourth-order valence-electron chi connectivity index (χ4n) is 2.70. The highest BCUT2D eigenvalue weighted by molar-refractivity contribution is 5.77. The molecule has 1 heterocycles. The third-order valence-corrected chi connectivity index (χ3v) is 4.20. The fraction of sp³-hybridized carbons (Fsp3) is 0.611. The number of aryl methyl sites for hydroxylation is 2. The van der Waals surface area contributed by atoms with Crippen LogP contribution in [-0.4, -0.2) is 56.8 Å². The second-order valence-electron chi connectivity index (χ2n) is 6.15. The summed E-state index contributed by atoms with van der Waals surface area (Å²) >= 11 is 0. The summed E-state index contributed by atoms with van der Waals surface area (Å²) in [6.07, 6.45) is 0.953. The number of amides is 1. The van der Waals surface area contributed by atoms with Gasteiger partial charge in [-0.2, -0.15) is 0 Å². The Labute approximate surface area is 139 Å². The van der Waals surface area contributed by atoms with Crippen molar-refractivity contribution < 1.29 is 14.3 Å². The van der Waals surface area contributed by atoms with Gasteiger partial charge in [0, 0.05) is 19.6 Å². The van der Waals surface area contributed by atoms with Gasteiger partial charge in [0.25, 0.3) is 5.91 Å². The molecule has 23 heavy (non-hydrogen) atoms. The zero-order valence-corrected chi connectivity index (χ0v) is 14.5. The van der Waals surface area contributed by atoms with Crippen LogP contribution in [0.25, 0.3) is 0 Å². The summed E-state index contributed by atoms with van der Waals surface area (Å²) in [7, 11) is 0. The summed E-state index contributed by atoms with van der Waals surface area (Å²) < 4.78 is 11.0. The minimum Gasteiger partial charge on any atom is -0.483 e. The summed E-state index contributed by atoms with van der Waals surface area (Å²) in [6, 6.07) is 4.10. The van der Waals surface area contributed by atoms with Gasteiger partial charge in [-0.05, 0) is 56.5 Å². The smallest absolute Gasteiger partial charge is 0.257 e. The van der Waals surface area contributed by atoms with Gasteiger partial charge in [0.15, 0.2) is 6.61 Å². The summed E-state index contributed by atoms with van der Waals surface area (Å²) in [5.41, 5.74) is 3.43. The van der Waals surface area contributed by atoms with E-state index in [1.165, 1.54) is 5.56 Å². The molecule has 5 nitrogen and oxygen atoms in total. The van der Waals surface area contributed by atoms with Gasteiger partial charge >= 0.3 is 0 Å². The van der Waals surface area contributed by atoms with Gasteiger partial charge in [0.2, 0.25) is 0 Å². The van der Waals surface area contributed by atoms with Crippen molar-refractivity contribution in [3.63, 3.8) is 0 Å². The third-order valence-electron chi connectivity index (χ3n) is 4.20. The quantitative estimate of drug-likeness (QED) is 0.779. The van der Waals surface area contributed by atoms with E-state index in [0.29, 0.717) is 6.54 Å². The molecule has 1 aromatic rings. The van der Waals surface area contributed by atoms with Crippen LogP contribution < -0.4 is 10.1 Å². The molecule has 0 spiro atoms. The number of nitrogens with zero attached hydrogens (tertiary/aromatic N) is 1. The van der Waals surface area contributed by atoms with Crippen LogP contribution in [0.4, 0.5) is 0 Å². The van der Waals surface area contributed by atoms with Crippen molar-refractivity contribution in [3.05, 3.63) is 28.8 Å². The molecule has 0 radical (unpaired) electrons. The summed E-state index contributed by atoms with van der Waals surface area (Å²) in [4.78, 5) is 14.2. The lowest BCUT2D eigenvalue weighted by Crippen LogP contribution is -2.38. The molecule has 1 amide bonds. The maximum absolute atomic E-state index is 11.9. The first-order valence-corrected chi connectivity index (χ1v) is 8.33. The Bertz CT molecular complexity index is 525. The summed E-state index contributed by atoms with van der Waals surface area (Å²) in [6.45, 7) is 11.5. The zero-order valence-electron chi connectivity index (χ0n) is 14.5. The monoisotopic (exact) mass is 320 g/mol. The largest absolute Gasteiger partial charge is 0.483 e. The van der Waals surface area contributed by atoms with E-state index in [4.69, 9.17) is 9.47 Å². The average molecular weight is 320 g/mol. The lowest BCUT2D eigenvalue weighted by molar-refractivity contribution is -0.123. The Balaban J connectivity index is 1.65. The van der Waals surface area contributed by atoms with Crippen LogP contribution >= 0.6 is 0 Å². The van der Waals surface area contributed by atoms with Gasteiger partial charge in [0.1, 0.15) is 5.75 Å². The number of benzene rings is 1. The van der Waals surface area contributed by atoms with Gasteiger partial charge in [-0.3, -0.25) is 9.69 Å². The maximum atomic E-state index is 11.9. The molecule has 0 aromatic heterocycles. The summed E-state index contributed by atoms with van der Waals surface area (Å²) in [5, 5.41) is 2.92. The topological polar surface area (TPSA) is 50.8 Å². The van der Waals surface area contributed by atoms with E-state index in [0.717, 1.165) is 56.1 Å². The molecule has 1 aromatic carbocycles. The highest BCUT2D eigenvalue weighted by atomic mass is 16.5. The van der Waals surface area contributed by atoms with E-state index in [2.05, 4.69) is 23.2 Å². The first kappa shape index (κ1) is 17.8. The molecule has 1 N–H and O–H groups in total. The molecule has 2 rings (SSSR count). The lowest BCUT2D eigenvalue weighted by atomic mass is 10.1. The highest BCUT2D eigenvalue weighted by Crippen LogP contribution is 2.23. The predicted octanol–water partition coefficient (Wildman–Crippen LogP) is 1.83. The van der Waals surface area contributed by atoms with E-state index in [9.17, 15) is 4.79 Å². The Morgan fingerprint density at radius 3 is 2.74 bits per heavy atom. The minimum atomic E-state index is -0.0643. The maximum Gasteiger partial charge on any atom is 0.257 e. The van der Waals surface area contributed by atoms with Crippen molar-refractivity contribution in [3.8, 4) is 5.75 Å². The van der Waals surface area contributed by atoms with Crippen molar-refractivity contribution in [2.24, 2.45) is 0 Å². The highest BCUT2D eigenvalue weighted by Gasteiger charge is 2.10. The van der Waals surface area contributed by atoms with Crippen LogP contribution in [0.5, 0.6) is 5.75 Å². The van der Waals surface area contributed by atoms with Gasteiger partial charge in [0.05, 0.1) is 13.2 Å². The normalized spacial score (nSPS) is 15.4. The van der Waals surface area contributed by atoms with Crippen LogP contribution in [0.1, 0.15) is 23.1 Å². The molecule has 5 heteroatoms. The first-order chi connectivity index (χ1) is 11.1. The van der Waals surface area contributed by atoms with Crippen molar-refractivity contribution in [1.82, 2.24) is 10.2 Å². The van der Waals surface area contributed by atoms with Crippen LogP contribution in [0.2, 0.25) is 0 Å². The predicted molar refractivity (Wildman–Crippen MR) is 91.0 cm³/mol. The Morgan fingerprint density at radius 2 is 2.00 bits per heavy atom. The van der Waals surface area contributed by atoms with E-state index in [-0.39, 0.29) is 12.5 Å². The standard InChI is InChI=1S/C18H28N2O3/c1-14-11-15(2)16(3)17(12-14)23-13-18(21)19-5-4-6-20-7-9-22-10-8-20/h11-12H,4-10,13H2,1-3H3,(H,19,21). The number of carbonyl (C=O) groups is 1. The van der Waals surface area contributed by atoms with E-state index in [1.807, 2.05) is 19.9 Å². The molecular formula is C18H28N2O3. The second kappa shape index (κ2) is 8.89. The SMILES string of the molecule is Cc1cc(C)c(C)c(OCC(=O)NCCCN2CCOCC2)c1. The molecule has 128 valence electrons. The van der Waals surface area contributed by atoms with Gasteiger partial charge in [-0.25, -0.2) is 0 Å². The van der Waals surface area contributed by atoms with Crippen LogP contribution in [0, 0.1) is 20.8 Å². The number of carbonyl (C=O) groups excluding carboxylic acids is 1. The van der Waals surface area contributed by atoms with Crippen LogP contribution in [0.3, 0.4) is 0 Å². The zero-order chi connectivity index (χ0) is 16.7. The van der Waals surface area contributed by atoms with Crippen molar-refractivity contribution in [2.45, 2.75) is 27.2 Å². The Morgan fingerprint density at radius 1 is 1.26 bits per heavy atom. The minimum absolute atomic E-state index is 0.0643. The number of ether oxygens (including phenoxy) is 2. The first-order valence-electron chi connectivity index (χ1n) is 8.33. The molecule has 1 saturated heterocycles. The molecule has 0 unspecified atom stereocenters. The molecule has 1 aliphatic rings. The number of hydrogen-bond acceptors (Lipinski definition) is 4. The van der Waals surface area contributed by atoms with E-state index < -0.39 is 0 Å². The van der Waals surface area contributed by atoms with Gasteiger partial charge in [-0.15, -0.1) is 0 Å². The molecule has 1 fully saturated rings. The molecule has 0 bridgehead atoms.